The molecule has 1 aromatic heterocycles. The van der Waals surface area contributed by atoms with E-state index in [4.69, 9.17) is 0 Å². The fraction of sp³-hybridized carbons (Fsp3) is 0.286. The molecule has 1 N–H and O–H groups in total. The average molecular weight is 323 g/mol. The lowest BCUT2D eigenvalue weighted by Gasteiger charge is -2.15. The van der Waals surface area contributed by atoms with Gasteiger partial charge in [0.2, 0.25) is 0 Å². The molecular formula is C14H12BrFN2O. The molecule has 0 radical (unpaired) electrons. The second-order valence-electron chi connectivity index (χ2n) is 4.67. The van der Waals surface area contributed by atoms with Crippen LogP contribution in [0, 0.1) is 5.82 Å². The van der Waals surface area contributed by atoms with Gasteiger partial charge in [0.15, 0.2) is 0 Å². The van der Waals surface area contributed by atoms with Gasteiger partial charge in [0, 0.05) is 15.6 Å². The Balaban J connectivity index is 2.18. The lowest BCUT2D eigenvalue weighted by atomic mass is 9.97. The number of hydrogen-bond donors (Lipinski definition) is 1. The monoisotopic (exact) mass is 322 g/mol. The van der Waals surface area contributed by atoms with Crippen LogP contribution in [-0.4, -0.2) is 9.97 Å². The van der Waals surface area contributed by atoms with Gasteiger partial charge in [-0.2, -0.15) is 0 Å². The number of fused-ring (bicyclic) bond motifs is 1. The Labute approximate surface area is 118 Å². The third-order valence-corrected chi connectivity index (χ3v) is 4.07. The maximum absolute atomic E-state index is 13.3. The number of aromatic nitrogens is 2. The van der Waals surface area contributed by atoms with Gasteiger partial charge in [-0.05, 0) is 43.9 Å². The largest absolute Gasteiger partial charge is 0.306 e. The molecule has 0 bridgehead atoms. The minimum Gasteiger partial charge on any atom is -0.306 e. The number of nitrogens with zero attached hydrogens (tertiary/aromatic N) is 1. The molecule has 0 aliphatic heterocycles. The van der Waals surface area contributed by atoms with Gasteiger partial charge in [-0.15, -0.1) is 0 Å². The van der Waals surface area contributed by atoms with E-state index in [0.717, 1.165) is 36.9 Å². The van der Waals surface area contributed by atoms with Crippen molar-refractivity contribution < 1.29 is 4.39 Å². The Morgan fingerprint density at radius 1 is 1.26 bits per heavy atom. The molecule has 1 aliphatic rings. The molecule has 0 fully saturated rings. The first-order valence-electron chi connectivity index (χ1n) is 6.22. The van der Waals surface area contributed by atoms with Crippen LogP contribution in [0.3, 0.4) is 0 Å². The molecule has 98 valence electrons. The van der Waals surface area contributed by atoms with Gasteiger partial charge in [-0.3, -0.25) is 4.79 Å². The molecule has 2 aromatic rings. The molecule has 0 saturated carbocycles. The van der Waals surface area contributed by atoms with Crippen molar-refractivity contribution >= 4 is 15.9 Å². The molecule has 5 heteroatoms. The highest BCUT2D eigenvalue weighted by atomic mass is 79.9. The number of halogens is 2. The van der Waals surface area contributed by atoms with Crippen LogP contribution < -0.4 is 5.56 Å². The lowest BCUT2D eigenvalue weighted by molar-refractivity contribution is 0.627. The van der Waals surface area contributed by atoms with Gasteiger partial charge in [-0.25, -0.2) is 9.37 Å². The van der Waals surface area contributed by atoms with Gasteiger partial charge in [0.25, 0.3) is 5.56 Å². The normalized spacial score (nSPS) is 14.2. The molecule has 3 nitrogen and oxygen atoms in total. The van der Waals surface area contributed by atoms with Gasteiger partial charge >= 0.3 is 0 Å². The smallest absolute Gasteiger partial charge is 0.254 e. The number of benzene rings is 1. The molecule has 0 amide bonds. The van der Waals surface area contributed by atoms with E-state index in [2.05, 4.69) is 25.9 Å². The van der Waals surface area contributed by atoms with E-state index in [1.807, 2.05) is 0 Å². The second-order valence-corrected chi connectivity index (χ2v) is 5.53. The summed E-state index contributed by atoms with van der Waals surface area (Å²) in [6, 6.07) is 4.35. The summed E-state index contributed by atoms with van der Waals surface area (Å²) in [5.74, 6) is 0.0793. The highest BCUT2D eigenvalue weighted by Gasteiger charge is 2.17. The summed E-state index contributed by atoms with van der Waals surface area (Å²) in [4.78, 5) is 19.3. The lowest BCUT2D eigenvalue weighted by Crippen LogP contribution is -2.21. The van der Waals surface area contributed by atoms with E-state index < -0.39 is 0 Å². The van der Waals surface area contributed by atoms with Crippen LogP contribution in [0.15, 0.2) is 27.5 Å². The summed E-state index contributed by atoms with van der Waals surface area (Å²) < 4.78 is 14.0. The van der Waals surface area contributed by atoms with Crippen LogP contribution in [0.5, 0.6) is 0 Å². The Kier molecular flexibility index (Phi) is 3.22. The van der Waals surface area contributed by atoms with E-state index in [9.17, 15) is 9.18 Å². The maximum atomic E-state index is 13.3. The minimum atomic E-state index is -0.349. The fourth-order valence-electron chi connectivity index (χ4n) is 2.41. The second kappa shape index (κ2) is 4.89. The Bertz CT molecular complexity index is 696. The molecular weight excluding hydrogens is 311 g/mol. The quantitative estimate of drug-likeness (QED) is 0.876. The van der Waals surface area contributed by atoms with Crippen molar-refractivity contribution in [2.24, 2.45) is 0 Å². The maximum Gasteiger partial charge on any atom is 0.254 e. The van der Waals surface area contributed by atoms with Crippen molar-refractivity contribution in [2.45, 2.75) is 25.7 Å². The van der Waals surface area contributed by atoms with Crippen molar-refractivity contribution in [1.29, 1.82) is 0 Å². The van der Waals surface area contributed by atoms with Gasteiger partial charge in [0.05, 0.1) is 5.69 Å². The highest BCUT2D eigenvalue weighted by Crippen LogP contribution is 2.27. The molecule has 19 heavy (non-hydrogen) atoms. The summed E-state index contributed by atoms with van der Waals surface area (Å²) in [6.07, 6.45) is 3.68. The number of aromatic amines is 1. The van der Waals surface area contributed by atoms with E-state index in [-0.39, 0.29) is 11.4 Å². The molecule has 1 heterocycles. The molecule has 0 atom stereocenters. The number of aryl methyl sites for hydroxylation is 1. The standard InChI is InChI=1S/C14H12BrFN2O/c15-11-6-5-8(16)7-10(11)13-17-12-4-2-1-3-9(12)14(19)18-13/h5-7H,1-4H2,(H,17,18,19). The van der Waals surface area contributed by atoms with Crippen molar-refractivity contribution in [3.8, 4) is 11.4 Å². The summed E-state index contributed by atoms with van der Waals surface area (Å²) >= 11 is 3.36. The average Bonchev–Trinajstić information content (AvgIpc) is 2.41. The van der Waals surface area contributed by atoms with E-state index in [1.165, 1.54) is 12.1 Å². The van der Waals surface area contributed by atoms with Crippen molar-refractivity contribution in [3.63, 3.8) is 0 Å². The SMILES string of the molecule is O=c1[nH]c(-c2cc(F)ccc2Br)nc2c1CCCC2. The van der Waals surface area contributed by atoms with Crippen LogP contribution in [0.4, 0.5) is 4.39 Å². The molecule has 1 aromatic carbocycles. The van der Waals surface area contributed by atoms with Crippen molar-refractivity contribution in [2.75, 3.05) is 0 Å². The Hall–Kier alpha value is -1.49. The van der Waals surface area contributed by atoms with Crippen LogP contribution >= 0.6 is 15.9 Å². The number of H-pyrrole nitrogens is 1. The molecule has 3 rings (SSSR count). The number of nitrogens with one attached hydrogen (secondary N) is 1. The first kappa shape index (κ1) is 12.5. The number of rotatable bonds is 1. The number of hydrogen-bond acceptors (Lipinski definition) is 2. The topological polar surface area (TPSA) is 45.8 Å². The van der Waals surface area contributed by atoms with E-state index in [0.29, 0.717) is 15.9 Å². The van der Waals surface area contributed by atoms with E-state index in [1.54, 1.807) is 6.07 Å². The van der Waals surface area contributed by atoms with Crippen LogP contribution in [0.25, 0.3) is 11.4 Å². The first-order chi connectivity index (χ1) is 9.15. The van der Waals surface area contributed by atoms with Crippen LogP contribution in [-0.2, 0) is 12.8 Å². The zero-order chi connectivity index (χ0) is 13.4. The van der Waals surface area contributed by atoms with Crippen molar-refractivity contribution in [3.05, 3.63) is 50.1 Å². The van der Waals surface area contributed by atoms with Crippen LogP contribution in [0.2, 0.25) is 0 Å². The van der Waals surface area contributed by atoms with Gasteiger partial charge in [0.1, 0.15) is 11.6 Å². The van der Waals surface area contributed by atoms with Gasteiger partial charge < -0.3 is 4.98 Å². The zero-order valence-electron chi connectivity index (χ0n) is 10.2. The zero-order valence-corrected chi connectivity index (χ0v) is 11.8. The van der Waals surface area contributed by atoms with E-state index >= 15 is 0 Å². The molecule has 0 unspecified atom stereocenters. The summed E-state index contributed by atoms with van der Waals surface area (Å²) in [7, 11) is 0. The highest BCUT2D eigenvalue weighted by molar-refractivity contribution is 9.10. The minimum absolute atomic E-state index is 0.101. The molecule has 0 saturated heterocycles. The van der Waals surface area contributed by atoms with Gasteiger partial charge in [-0.1, -0.05) is 15.9 Å². The third-order valence-electron chi connectivity index (χ3n) is 3.38. The Morgan fingerprint density at radius 2 is 2.05 bits per heavy atom. The first-order valence-corrected chi connectivity index (χ1v) is 7.02. The fourth-order valence-corrected chi connectivity index (χ4v) is 2.84. The summed E-state index contributed by atoms with van der Waals surface area (Å²) in [6.45, 7) is 0. The predicted molar refractivity (Wildman–Crippen MR) is 74.6 cm³/mol. The van der Waals surface area contributed by atoms with Crippen LogP contribution in [0.1, 0.15) is 24.1 Å². The third kappa shape index (κ3) is 2.34. The predicted octanol–water partition coefficient (Wildman–Crippen LogP) is 3.22. The summed E-state index contributed by atoms with van der Waals surface area (Å²) in [5.41, 5.74) is 2.10. The molecule has 0 spiro atoms. The summed E-state index contributed by atoms with van der Waals surface area (Å²) in [5, 5.41) is 0. The molecule has 1 aliphatic carbocycles. The van der Waals surface area contributed by atoms with Crippen molar-refractivity contribution in [1.82, 2.24) is 9.97 Å². The Morgan fingerprint density at radius 3 is 2.89 bits per heavy atom.